The van der Waals surface area contributed by atoms with Crippen LogP contribution in [0.5, 0.6) is 0 Å². The van der Waals surface area contributed by atoms with E-state index in [0.717, 1.165) is 30.7 Å². The first-order valence-electron chi connectivity index (χ1n) is 8.87. The minimum Gasteiger partial charge on any atom is -0.366 e. The Balaban J connectivity index is 1.70. The van der Waals surface area contributed by atoms with E-state index in [1.807, 2.05) is 12.1 Å². The Kier molecular flexibility index (Phi) is 4.20. The van der Waals surface area contributed by atoms with Gasteiger partial charge in [0, 0.05) is 43.2 Å². The first kappa shape index (κ1) is 16.7. The molecule has 2 aliphatic heterocycles. The Morgan fingerprint density at radius 3 is 2.85 bits per heavy atom. The molecule has 8 heteroatoms. The lowest BCUT2D eigenvalue weighted by molar-refractivity contribution is -0.136. The van der Waals surface area contributed by atoms with Gasteiger partial charge in [-0.25, -0.2) is 4.68 Å². The summed E-state index contributed by atoms with van der Waals surface area (Å²) >= 11 is 0. The van der Waals surface area contributed by atoms with Crippen LogP contribution in [-0.2, 0) is 9.59 Å². The molecule has 8 nitrogen and oxygen atoms in total. The van der Waals surface area contributed by atoms with Crippen LogP contribution < -0.4 is 21.1 Å². The molecule has 2 atom stereocenters. The average molecular weight is 355 g/mol. The minimum absolute atomic E-state index is 0.211. The molecule has 4 rings (SSSR count). The number of amides is 2. The Morgan fingerprint density at radius 1 is 1.23 bits per heavy atom. The number of carbonyl (C=O) groups is 2. The number of carbonyl (C=O) groups excluding carboxylic acids is 2. The number of aromatic nitrogens is 2. The zero-order valence-electron chi connectivity index (χ0n) is 14.6. The molecule has 1 aromatic heterocycles. The van der Waals surface area contributed by atoms with Crippen LogP contribution in [0.4, 0.5) is 5.69 Å². The minimum atomic E-state index is -0.738. The molecular weight excluding hydrogens is 334 g/mol. The van der Waals surface area contributed by atoms with Crippen LogP contribution >= 0.6 is 0 Å². The van der Waals surface area contributed by atoms with E-state index < -0.39 is 11.9 Å². The lowest BCUT2D eigenvalue weighted by atomic mass is 10.1. The summed E-state index contributed by atoms with van der Waals surface area (Å²) < 4.78 is 1.19. The van der Waals surface area contributed by atoms with Crippen LogP contribution in [0.15, 0.2) is 29.2 Å². The number of imide groups is 1. The van der Waals surface area contributed by atoms with E-state index >= 15 is 0 Å². The lowest BCUT2D eigenvalue weighted by Gasteiger charge is -2.36. The molecule has 1 unspecified atom stereocenters. The molecule has 0 aliphatic carbocycles. The molecule has 2 aromatic rings. The Bertz CT molecular complexity index is 938. The molecule has 26 heavy (non-hydrogen) atoms. The van der Waals surface area contributed by atoms with Crippen molar-refractivity contribution in [1.82, 2.24) is 20.4 Å². The molecule has 1 aromatic carbocycles. The van der Waals surface area contributed by atoms with Gasteiger partial charge < -0.3 is 10.2 Å². The molecule has 0 spiro atoms. The van der Waals surface area contributed by atoms with E-state index in [1.165, 1.54) is 4.68 Å². The third kappa shape index (κ3) is 2.86. The van der Waals surface area contributed by atoms with Gasteiger partial charge in [0.1, 0.15) is 6.04 Å². The summed E-state index contributed by atoms with van der Waals surface area (Å²) in [4.78, 5) is 38.5. The second-order valence-electron chi connectivity index (χ2n) is 6.88. The number of rotatable bonds is 2. The number of hydrogen-bond donors (Lipinski definition) is 2. The van der Waals surface area contributed by atoms with Crippen molar-refractivity contribution in [2.24, 2.45) is 0 Å². The van der Waals surface area contributed by atoms with Crippen LogP contribution in [0.2, 0.25) is 0 Å². The molecule has 136 valence electrons. The van der Waals surface area contributed by atoms with Crippen molar-refractivity contribution in [3.05, 3.63) is 34.7 Å². The van der Waals surface area contributed by atoms with Crippen molar-refractivity contribution in [2.45, 2.75) is 31.8 Å². The van der Waals surface area contributed by atoms with Gasteiger partial charge in [0.05, 0.1) is 11.6 Å². The van der Waals surface area contributed by atoms with Crippen LogP contribution in [0.3, 0.4) is 0 Å². The predicted octanol–water partition coefficient (Wildman–Crippen LogP) is 0.172. The maximum absolute atomic E-state index is 12.8. The number of piperidine rings is 1. The normalized spacial score (nSPS) is 24.0. The van der Waals surface area contributed by atoms with Crippen LogP contribution in [-0.4, -0.2) is 47.3 Å². The van der Waals surface area contributed by atoms with E-state index in [9.17, 15) is 14.4 Å². The van der Waals surface area contributed by atoms with Crippen molar-refractivity contribution in [3.8, 4) is 0 Å². The standard InChI is InChI=1S/C18H21N5O3/c1-11-9-19-6-7-22(11)13-2-3-14-12(8-13)10-20-23(18(14)26)15-4-5-16(24)21-17(15)25/h2-3,8,10-11,15,19H,4-7,9H2,1H3,(H,21,24,25)/t11-,15?/m0/s1. The molecule has 3 heterocycles. The van der Waals surface area contributed by atoms with Gasteiger partial charge in [-0.15, -0.1) is 0 Å². The van der Waals surface area contributed by atoms with Gasteiger partial charge in [-0.3, -0.25) is 19.7 Å². The summed E-state index contributed by atoms with van der Waals surface area (Å²) in [6.45, 7) is 4.92. The molecule has 2 N–H and O–H groups in total. The van der Waals surface area contributed by atoms with E-state index in [4.69, 9.17) is 0 Å². The Morgan fingerprint density at radius 2 is 2.08 bits per heavy atom. The fourth-order valence-electron chi connectivity index (χ4n) is 3.69. The zero-order valence-corrected chi connectivity index (χ0v) is 14.6. The van der Waals surface area contributed by atoms with E-state index in [1.54, 1.807) is 12.3 Å². The maximum atomic E-state index is 12.8. The summed E-state index contributed by atoms with van der Waals surface area (Å²) in [6, 6.07) is 5.35. The molecule has 2 aliphatic rings. The number of nitrogens with one attached hydrogen (secondary N) is 2. The molecule has 2 saturated heterocycles. The lowest BCUT2D eigenvalue weighted by Crippen LogP contribution is -2.49. The van der Waals surface area contributed by atoms with Gasteiger partial charge in [-0.2, -0.15) is 5.10 Å². The molecular formula is C18H21N5O3. The smallest absolute Gasteiger partial charge is 0.275 e. The van der Waals surface area contributed by atoms with Crippen molar-refractivity contribution in [1.29, 1.82) is 0 Å². The van der Waals surface area contributed by atoms with Crippen LogP contribution in [0.1, 0.15) is 25.8 Å². The molecule has 0 bridgehead atoms. The summed E-state index contributed by atoms with van der Waals surface area (Å²) in [5.41, 5.74) is 0.753. The van der Waals surface area contributed by atoms with Crippen LogP contribution in [0.25, 0.3) is 10.8 Å². The first-order chi connectivity index (χ1) is 12.5. The third-order valence-electron chi connectivity index (χ3n) is 5.13. The summed E-state index contributed by atoms with van der Waals surface area (Å²) in [6.07, 6.45) is 2.12. The fraction of sp³-hybridized carbons (Fsp3) is 0.444. The highest BCUT2D eigenvalue weighted by Crippen LogP contribution is 2.23. The van der Waals surface area contributed by atoms with Gasteiger partial charge in [0.2, 0.25) is 5.91 Å². The van der Waals surface area contributed by atoms with E-state index in [0.29, 0.717) is 17.8 Å². The Hall–Kier alpha value is -2.74. The number of piperazine rings is 1. The van der Waals surface area contributed by atoms with Crippen molar-refractivity contribution >= 4 is 28.3 Å². The quantitative estimate of drug-likeness (QED) is 0.746. The second-order valence-corrected chi connectivity index (χ2v) is 6.88. The van der Waals surface area contributed by atoms with E-state index in [2.05, 4.69) is 27.6 Å². The number of hydrogen-bond acceptors (Lipinski definition) is 6. The highest BCUT2D eigenvalue weighted by molar-refractivity contribution is 5.99. The summed E-state index contributed by atoms with van der Waals surface area (Å²) in [5, 5.41) is 11.1. The number of nitrogens with zero attached hydrogens (tertiary/aromatic N) is 3. The van der Waals surface area contributed by atoms with Crippen LogP contribution in [0, 0.1) is 0 Å². The second kappa shape index (κ2) is 6.53. The highest BCUT2D eigenvalue weighted by Gasteiger charge is 2.30. The van der Waals surface area contributed by atoms with Crippen molar-refractivity contribution in [3.63, 3.8) is 0 Å². The molecule has 0 radical (unpaired) electrons. The highest BCUT2D eigenvalue weighted by atomic mass is 16.2. The largest absolute Gasteiger partial charge is 0.366 e. The van der Waals surface area contributed by atoms with Gasteiger partial charge >= 0.3 is 0 Å². The fourth-order valence-corrected chi connectivity index (χ4v) is 3.69. The average Bonchev–Trinajstić information content (AvgIpc) is 2.63. The number of fused-ring (bicyclic) bond motifs is 1. The molecule has 2 amide bonds. The SMILES string of the molecule is C[C@H]1CNCCN1c1ccc2c(=O)n(C3CCC(=O)NC3=O)ncc2c1. The molecule has 0 saturated carbocycles. The third-order valence-corrected chi connectivity index (χ3v) is 5.13. The summed E-state index contributed by atoms with van der Waals surface area (Å²) in [5.74, 6) is -0.781. The Labute approximate surface area is 150 Å². The topological polar surface area (TPSA) is 96.3 Å². The van der Waals surface area contributed by atoms with E-state index in [-0.39, 0.29) is 17.9 Å². The zero-order chi connectivity index (χ0) is 18.3. The monoisotopic (exact) mass is 355 g/mol. The maximum Gasteiger partial charge on any atom is 0.275 e. The van der Waals surface area contributed by atoms with Gasteiger partial charge in [0.25, 0.3) is 11.5 Å². The van der Waals surface area contributed by atoms with Gasteiger partial charge in [0.15, 0.2) is 0 Å². The summed E-state index contributed by atoms with van der Waals surface area (Å²) in [7, 11) is 0. The van der Waals surface area contributed by atoms with Gasteiger partial charge in [-0.1, -0.05) is 0 Å². The first-order valence-corrected chi connectivity index (χ1v) is 8.87. The molecule has 2 fully saturated rings. The van der Waals surface area contributed by atoms with Crippen molar-refractivity contribution < 1.29 is 9.59 Å². The number of anilines is 1. The number of benzene rings is 1. The van der Waals surface area contributed by atoms with Gasteiger partial charge in [-0.05, 0) is 31.5 Å². The predicted molar refractivity (Wildman–Crippen MR) is 97.1 cm³/mol. The van der Waals surface area contributed by atoms with Crippen molar-refractivity contribution in [2.75, 3.05) is 24.5 Å².